The Labute approximate surface area is 109 Å². The molecule has 0 fully saturated rings. The van der Waals surface area contributed by atoms with Crippen LogP contribution < -0.4 is 5.32 Å². The Morgan fingerprint density at radius 2 is 2.33 bits per heavy atom. The van der Waals surface area contributed by atoms with Crippen LogP contribution >= 0.6 is 0 Å². The smallest absolute Gasteiger partial charge is 0.155 e. The van der Waals surface area contributed by atoms with Gasteiger partial charge in [0.2, 0.25) is 0 Å². The first-order chi connectivity index (χ1) is 8.56. The summed E-state index contributed by atoms with van der Waals surface area (Å²) in [4.78, 5) is 4.34. The molecule has 2 heterocycles. The third-order valence-corrected chi connectivity index (χ3v) is 4.12. The van der Waals surface area contributed by atoms with Crippen molar-refractivity contribution >= 4 is 16.4 Å². The van der Waals surface area contributed by atoms with Gasteiger partial charge in [0.1, 0.15) is 0 Å². The lowest BCUT2D eigenvalue weighted by Crippen LogP contribution is -2.27. The second-order valence-corrected chi connectivity index (χ2v) is 6.29. The van der Waals surface area contributed by atoms with Gasteiger partial charge in [-0.2, -0.15) is 5.10 Å². The fraction of sp³-hybridized carbons (Fsp3) is 0.500. The van der Waals surface area contributed by atoms with Gasteiger partial charge in [-0.25, -0.2) is 9.50 Å². The van der Waals surface area contributed by atoms with E-state index >= 15 is 0 Å². The lowest BCUT2D eigenvalue weighted by molar-refractivity contribution is 0.644. The Kier molecular flexibility index (Phi) is 4.08. The second-order valence-electron chi connectivity index (χ2n) is 4.49. The van der Waals surface area contributed by atoms with Crippen LogP contribution in [0.1, 0.15) is 18.2 Å². The standard InChI is InChI=1S/C12H18N4OS/c1-9-4-12-14-7-11(8-16(12)15-9)6-13-5-10(2)18(3)17/h4,7-8,10,13H,5-6H2,1-3H3. The number of rotatable bonds is 5. The molecular formula is C12H18N4OS. The number of aromatic nitrogens is 3. The molecule has 0 spiro atoms. The highest BCUT2D eigenvalue weighted by Crippen LogP contribution is 2.04. The normalized spacial score (nSPS) is 14.8. The van der Waals surface area contributed by atoms with E-state index < -0.39 is 10.8 Å². The summed E-state index contributed by atoms with van der Waals surface area (Å²) in [5, 5.41) is 7.76. The van der Waals surface area contributed by atoms with Crippen molar-refractivity contribution in [1.29, 1.82) is 0 Å². The van der Waals surface area contributed by atoms with Gasteiger partial charge < -0.3 is 5.32 Å². The molecule has 2 rings (SSSR count). The molecule has 0 saturated carbocycles. The lowest BCUT2D eigenvalue weighted by atomic mass is 10.3. The Balaban J connectivity index is 1.97. The van der Waals surface area contributed by atoms with E-state index in [1.165, 1.54) is 0 Å². The molecule has 2 aromatic heterocycles. The fourth-order valence-corrected chi connectivity index (χ4v) is 2.01. The monoisotopic (exact) mass is 266 g/mol. The molecule has 18 heavy (non-hydrogen) atoms. The van der Waals surface area contributed by atoms with Crippen LogP contribution in [-0.4, -0.2) is 36.9 Å². The van der Waals surface area contributed by atoms with E-state index in [1.54, 1.807) is 10.8 Å². The molecule has 2 unspecified atom stereocenters. The average Bonchev–Trinajstić information content (AvgIpc) is 2.68. The first kappa shape index (κ1) is 13.2. The molecule has 0 aliphatic carbocycles. The Morgan fingerprint density at radius 3 is 3.06 bits per heavy atom. The van der Waals surface area contributed by atoms with Crippen LogP contribution in [0.3, 0.4) is 0 Å². The van der Waals surface area contributed by atoms with E-state index in [2.05, 4.69) is 15.4 Å². The molecule has 0 aromatic carbocycles. The quantitative estimate of drug-likeness (QED) is 0.873. The molecule has 0 saturated heterocycles. The van der Waals surface area contributed by atoms with Crippen molar-refractivity contribution in [2.45, 2.75) is 25.6 Å². The van der Waals surface area contributed by atoms with E-state index in [-0.39, 0.29) is 5.25 Å². The molecule has 6 heteroatoms. The van der Waals surface area contributed by atoms with Crippen LogP contribution in [0.15, 0.2) is 18.5 Å². The summed E-state index contributed by atoms with van der Waals surface area (Å²) < 4.78 is 13.0. The van der Waals surface area contributed by atoms with Gasteiger partial charge in [0.05, 0.1) is 5.69 Å². The third kappa shape index (κ3) is 3.14. The van der Waals surface area contributed by atoms with Gasteiger partial charge in [-0.05, 0) is 13.8 Å². The maximum atomic E-state index is 11.2. The molecule has 1 N–H and O–H groups in total. The zero-order valence-electron chi connectivity index (χ0n) is 10.9. The maximum Gasteiger partial charge on any atom is 0.155 e. The number of hydrogen-bond donors (Lipinski definition) is 1. The van der Waals surface area contributed by atoms with E-state index in [4.69, 9.17) is 0 Å². The molecule has 0 bridgehead atoms. The minimum absolute atomic E-state index is 0.161. The van der Waals surface area contributed by atoms with Crippen molar-refractivity contribution in [3.63, 3.8) is 0 Å². The summed E-state index contributed by atoms with van der Waals surface area (Å²) >= 11 is 0. The number of nitrogens with one attached hydrogen (secondary N) is 1. The molecule has 0 aliphatic rings. The zero-order valence-corrected chi connectivity index (χ0v) is 11.7. The zero-order chi connectivity index (χ0) is 13.1. The highest BCUT2D eigenvalue weighted by molar-refractivity contribution is 7.84. The van der Waals surface area contributed by atoms with Gasteiger partial charge in [0.15, 0.2) is 5.65 Å². The number of fused-ring (bicyclic) bond motifs is 1. The van der Waals surface area contributed by atoms with Crippen LogP contribution in [0.2, 0.25) is 0 Å². The third-order valence-electron chi connectivity index (χ3n) is 2.82. The Morgan fingerprint density at radius 1 is 1.56 bits per heavy atom. The highest BCUT2D eigenvalue weighted by Gasteiger charge is 2.05. The van der Waals surface area contributed by atoms with Crippen LogP contribution in [0.5, 0.6) is 0 Å². The molecular weight excluding hydrogens is 248 g/mol. The molecule has 2 aromatic rings. The number of aryl methyl sites for hydroxylation is 1. The summed E-state index contributed by atoms with van der Waals surface area (Å²) in [6.45, 7) is 5.37. The van der Waals surface area contributed by atoms with E-state index in [0.717, 1.165) is 23.4 Å². The molecule has 98 valence electrons. The average molecular weight is 266 g/mol. The van der Waals surface area contributed by atoms with Crippen LogP contribution in [0.4, 0.5) is 0 Å². The van der Waals surface area contributed by atoms with E-state index in [0.29, 0.717) is 6.54 Å². The van der Waals surface area contributed by atoms with Gasteiger partial charge in [0.25, 0.3) is 0 Å². The Hall–Kier alpha value is -1.27. The predicted molar refractivity (Wildman–Crippen MR) is 73.0 cm³/mol. The van der Waals surface area contributed by atoms with E-state index in [1.807, 2.05) is 32.3 Å². The van der Waals surface area contributed by atoms with Gasteiger partial charge in [-0.15, -0.1) is 0 Å². The van der Waals surface area contributed by atoms with Crippen molar-refractivity contribution < 1.29 is 4.21 Å². The second kappa shape index (κ2) is 5.58. The summed E-state index contributed by atoms with van der Waals surface area (Å²) in [7, 11) is -0.783. The fourth-order valence-electron chi connectivity index (χ4n) is 1.66. The summed E-state index contributed by atoms with van der Waals surface area (Å²) in [6, 6.07) is 1.94. The molecule has 0 aliphatic heterocycles. The van der Waals surface area contributed by atoms with Crippen LogP contribution in [0.25, 0.3) is 5.65 Å². The van der Waals surface area contributed by atoms with Crippen molar-refractivity contribution in [2.24, 2.45) is 0 Å². The lowest BCUT2D eigenvalue weighted by Gasteiger charge is -2.09. The van der Waals surface area contributed by atoms with Crippen molar-refractivity contribution in [1.82, 2.24) is 19.9 Å². The minimum Gasteiger partial charge on any atom is -0.311 e. The first-order valence-corrected chi connectivity index (χ1v) is 7.52. The van der Waals surface area contributed by atoms with Crippen LogP contribution in [0, 0.1) is 6.92 Å². The largest absolute Gasteiger partial charge is 0.311 e. The van der Waals surface area contributed by atoms with E-state index in [9.17, 15) is 4.21 Å². The van der Waals surface area contributed by atoms with Crippen molar-refractivity contribution in [2.75, 3.05) is 12.8 Å². The predicted octanol–water partition coefficient (Wildman–Crippen LogP) is 0.894. The summed E-state index contributed by atoms with van der Waals surface area (Å²) in [5.41, 5.74) is 2.89. The number of hydrogen-bond acceptors (Lipinski definition) is 4. The van der Waals surface area contributed by atoms with Gasteiger partial charge >= 0.3 is 0 Å². The summed E-state index contributed by atoms with van der Waals surface area (Å²) in [6.07, 6.45) is 5.54. The SMILES string of the molecule is Cc1cc2ncc(CNCC(C)S(C)=O)cn2n1. The molecule has 0 amide bonds. The molecule has 0 radical (unpaired) electrons. The first-order valence-electron chi connectivity index (χ1n) is 5.90. The maximum absolute atomic E-state index is 11.2. The topological polar surface area (TPSA) is 59.3 Å². The Bertz CT molecular complexity index is 566. The molecule has 5 nitrogen and oxygen atoms in total. The molecule has 2 atom stereocenters. The van der Waals surface area contributed by atoms with Gasteiger partial charge in [0, 0.05) is 59.4 Å². The van der Waals surface area contributed by atoms with Crippen molar-refractivity contribution in [3.8, 4) is 0 Å². The summed E-state index contributed by atoms with van der Waals surface area (Å²) in [5.74, 6) is 0. The highest BCUT2D eigenvalue weighted by atomic mass is 32.2. The minimum atomic E-state index is -0.783. The van der Waals surface area contributed by atoms with Crippen LogP contribution in [-0.2, 0) is 17.3 Å². The van der Waals surface area contributed by atoms with Gasteiger partial charge in [-0.1, -0.05) is 0 Å². The van der Waals surface area contributed by atoms with Crippen molar-refractivity contribution in [3.05, 3.63) is 29.7 Å². The number of nitrogens with zero attached hydrogens (tertiary/aromatic N) is 3. The van der Waals surface area contributed by atoms with Gasteiger partial charge in [-0.3, -0.25) is 4.21 Å².